The summed E-state index contributed by atoms with van der Waals surface area (Å²) in [6.45, 7) is 2.24. The van der Waals surface area contributed by atoms with Crippen LogP contribution in [0.5, 0.6) is 0 Å². The molecule has 3 N–H and O–H groups in total. The monoisotopic (exact) mass is 348 g/mol. The molecule has 2 aromatic carbocycles. The van der Waals surface area contributed by atoms with Crippen LogP contribution in [0.1, 0.15) is 21.5 Å². The number of hydrogen-bond acceptors (Lipinski definition) is 3. The van der Waals surface area contributed by atoms with Crippen molar-refractivity contribution < 1.29 is 9.53 Å². The fraction of sp³-hybridized carbons (Fsp3) is 0.188. The van der Waals surface area contributed by atoms with Crippen LogP contribution in [-0.4, -0.2) is 13.0 Å². The summed E-state index contributed by atoms with van der Waals surface area (Å²) in [5.74, 6) is -0.185. The van der Waals surface area contributed by atoms with Crippen LogP contribution in [-0.2, 0) is 11.3 Å². The third kappa shape index (κ3) is 3.43. The Balaban J connectivity index is 2.32. The van der Waals surface area contributed by atoms with Gasteiger partial charge in [-0.3, -0.25) is 4.79 Å². The van der Waals surface area contributed by atoms with E-state index >= 15 is 0 Å². The van der Waals surface area contributed by atoms with Gasteiger partial charge in [0, 0.05) is 34.1 Å². The highest BCUT2D eigenvalue weighted by atomic mass is 79.9. The third-order valence-electron chi connectivity index (χ3n) is 3.28. The quantitative estimate of drug-likeness (QED) is 0.827. The number of hydrogen-bond donors (Lipinski definition) is 2. The fourth-order valence-electron chi connectivity index (χ4n) is 2.06. The van der Waals surface area contributed by atoms with E-state index in [0.29, 0.717) is 17.9 Å². The van der Waals surface area contributed by atoms with Crippen molar-refractivity contribution in [2.45, 2.75) is 13.5 Å². The van der Waals surface area contributed by atoms with Gasteiger partial charge in [-0.25, -0.2) is 0 Å². The number of nitrogen functional groups attached to an aromatic ring is 1. The van der Waals surface area contributed by atoms with E-state index in [2.05, 4.69) is 21.2 Å². The second-order valence-corrected chi connectivity index (χ2v) is 5.53. The van der Waals surface area contributed by atoms with Gasteiger partial charge in [0.05, 0.1) is 6.61 Å². The van der Waals surface area contributed by atoms with E-state index in [-0.39, 0.29) is 5.91 Å². The molecule has 0 saturated heterocycles. The number of methoxy groups -OCH3 is 1. The zero-order valence-corrected chi connectivity index (χ0v) is 13.5. The second-order valence-electron chi connectivity index (χ2n) is 4.67. The molecule has 0 aliphatic heterocycles. The van der Waals surface area contributed by atoms with E-state index < -0.39 is 0 Å². The van der Waals surface area contributed by atoms with Gasteiger partial charge in [0.2, 0.25) is 0 Å². The van der Waals surface area contributed by atoms with Crippen LogP contribution in [0.4, 0.5) is 11.4 Å². The number of anilines is 2. The minimum atomic E-state index is -0.185. The molecule has 0 bridgehead atoms. The number of amides is 1. The van der Waals surface area contributed by atoms with E-state index in [0.717, 1.165) is 21.3 Å². The molecule has 0 unspecified atom stereocenters. The lowest BCUT2D eigenvalue weighted by Gasteiger charge is -2.14. The number of ether oxygens (including phenoxy) is 1. The van der Waals surface area contributed by atoms with Gasteiger partial charge in [0.15, 0.2) is 0 Å². The van der Waals surface area contributed by atoms with Gasteiger partial charge in [0.1, 0.15) is 0 Å². The summed E-state index contributed by atoms with van der Waals surface area (Å²) in [6, 6.07) is 10.9. The Morgan fingerprint density at radius 3 is 2.71 bits per heavy atom. The predicted octanol–water partition coefficient (Wildman–Crippen LogP) is 3.74. The van der Waals surface area contributed by atoms with Crippen molar-refractivity contribution in [1.82, 2.24) is 0 Å². The van der Waals surface area contributed by atoms with Gasteiger partial charge < -0.3 is 15.8 Å². The number of carbonyl (C=O) groups excluding carboxylic acids is 1. The summed E-state index contributed by atoms with van der Waals surface area (Å²) in [7, 11) is 1.62. The van der Waals surface area contributed by atoms with Crippen LogP contribution in [0, 0.1) is 6.92 Å². The van der Waals surface area contributed by atoms with Crippen molar-refractivity contribution >= 4 is 33.2 Å². The first-order valence-electron chi connectivity index (χ1n) is 6.47. The predicted molar refractivity (Wildman–Crippen MR) is 88.4 cm³/mol. The maximum absolute atomic E-state index is 12.4. The zero-order chi connectivity index (χ0) is 15.4. The molecule has 5 heteroatoms. The van der Waals surface area contributed by atoms with Crippen LogP contribution in [0.25, 0.3) is 0 Å². The molecule has 0 radical (unpaired) electrons. The highest BCUT2D eigenvalue weighted by Gasteiger charge is 2.14. The molecule has 0 spiro atoms. The maximum Gasteiger partial charge on any atom is 0.256 e. The Labute approximate surface area is 132 Å². The van der Waals surface area contributed by atoms with E-state index in [1.165, 1.54) is 0 Å². The Bertz CT molecular complexity index is 671. The number of rotatable bonds is 4. The summed E-state index contributed by atoms with van der Waals surface area (Å²) >= 11 is 3.47. The highest BCUT2D eigenvalue weighted by Crippen LogP contribution is 2.26. The van der Waals surface area contributed by atoms with Gasteiger partial charge in [-0.1, -0.05) is 28.1 Å². The number of carbonyl (C=O) groups is 1. The van der Waals surface area contributed by atoms with Crippen molar-refractivity contribution in [3.05, 3.63) is 57.6 Å². The second kappa shape index (κ2) is 6.74. The van der Waals surface area contributed by atoms with Gasteiger partial charge >= 0.3 is 0 Å². The van der Waals surface area contributed by atoms with Crippen molar-refractivity contribution in [3.8, 4) is 0 Å². The van der Waals surface area contributed by atoms with Crippen LogP contribution in [0.15, 0.2) is 40.9 Å². The van der Waals surface area contributed by atoms with Crippen LogP contribution >= 0.6 is 15.9 Å². The van der Waals surface area contributed by atoms with Crippen molar-refractivity contribution in [2.24, 2.45) is 0 Å². The Kier molecular flexibility index (Phi) is 4.98. The smallest absolute Gasteiger partial charge is 0.256 e. The average molecular weight is 349 g/mol. The summed E-state index contributed by atoms with van der Waals surface area (Å²) in [4.78, 5) is 12.4. The first kappa shape index (κ1) is 15.5. The lowest BCUT2D eigenvalue weighted by Crippen LogP contribution is -2.15. The van der Waals surface area contributed by atoms with Gasteiger partial charge in [-0.15, -0.1) is 0 Å². The van der Waals surface area contributed by atoms with Crippen LogP contribution in [0.3, 0.4) is 0 Å². The summed E-state index contributed by atoms with van der Waals surface area (Å²) in [6.07, 6.45) is 0. The standard InChI is InChI=1S/C16H17BrN2O2/c1-10-11(5-3-7-14(10)18)16(20)19-15-8-4-6-13(17)12(15)9-21-2/h3-8H,9,18H2,1-2H3,(H,19,20). The molecule has 0 aromatic heterocycles. The number of nitrogens with two attached hydrogens (primary N) is 1. The summed E-state index contributed by atoms with van der Waals surface area (Å²) < 4.78 is 6.07. The number of nitrogens with one attached hydrogen (secondary N) is 1. The minimum absolute atomic E-state index is 0.185. The SMILES string of the molecule is COCc1c(Br)cccc1NC(=O)c1cccc(N)c1C. The Morgan fingerprint density at radius 2 is 2.00 bits per heavy atom. The molecule has 110 valence electrons. The lowest BCUT2D eigenvalue weighted by molar-refractivity contribution is 0.102. The first-order valence-corrected chi connectivity index (χ1v) is 7.26. The van der Waals surface area contributed by atoms with Gasteiger partial charge in [-0.05, 0) is 36.8 Å². The average Bonchev–Trinajstić information content (AvgIpc) is 2.45. The summed E-state index contributed by atoms with van der Waals surface area (Å²) in [5, 5.41) is 2.92. The topological polar surface area (TPSA) is 64.3 Å². The van der Waals surface area contributed by atoms with Crippen molar-refractivity contribution in [2.75, 3.05) is 18.2 Å². The molecule has 2 aromatic rings. The molecule has 2 rings (SSSR count). The largest absolute Gasteiger partial charge is 0.398 e. The van der Waals surface area contributed by atoms with Crippen LogP contribution in [0.2, 0.25) is 0 Å². The number of halogens is 1. The number of benzene rings is 2. The Hall–Kier alpha value is -1.85. The first-order chi connectivity index (χ1) is 10.0. The normalized spacial score (nSPS) is 10.4. The van der Waals surface area contributed by atoms with Crippen LogP contribution < -0.4 is 11.1 Å². The van der Waals surface area contributed by atoms with E-state index in [1.54, 1.807) is 25.3 Å². The highest BCUT2D eigenvalue weighted by molar-refractivity contribution is 9.10. The lowest BCUT2D eigenvalue weighted by atomic mass is 10.1. The third-order valence-corrected chi connectivity index (χ3v) is 4.02. The molecule has 0 saturated carbocycles. The van der Waals surface area contributed by atoms with Gasteiger partial charge in [-0.2, -0.15) is 0 Å². The van der Waals surface area contributed by atoms with E-state index in [9.17, 15) is 4.79 Å². The fourth-order valence-corrected chi connectivity index (χ4v) is 2.54. The molecular weight excluding hydrogens is 332 g/mol. The molecule has 1 amide bonds. The molecular formula is C16H17BrN2O2. The van der Waals surface area contributed by atoms with E-state index in [1.807, 2.05) is 25.1 Å². The molecule has 21 heavy (non-hydrogen) atoms. The van der Waals surface area contributed by atoms with Gasteiger partial charge in [0.25, 0.3) is 5.91 Å². The Morgan fingerprint density at radius 1 is 1.29 bits per heavy atom. The zero-order valence-electron chi connectivity index (χ0n) is 11.9. The van der Waals surface area contributed by atoms with Crippen molar-refractivity contribution in [3.63, 3.8) is 0 Å². The van der Waals surface area contributed by atoms with E-state index in [4.69, 9.17) is 10.5 Å². The molecule has 0 atom stereocenters. The molecule has 0 aliphatic carbocycles. The minimum Gasteiger partial charge on any atom is -0.398 e. The summed E-state index contributed by atoms with van der Waals surface area (Å²) in [5.41, 5.74) is 9.41. The maximum atomic E-state index is 12.4. The molecule has 0 heterocycles. The van der Waals surface area contributed by atoms with Crippen molar-refractivity contribution in [1.29, 1.82) is 0 Å². The molecule has 0 fully saturated rings. The molecule has 4 nitrogen and oxygen atoms in total. The molecule has 0 aliphatic rings.